The first-order valence-electron chi connectivity index (χ1n) is 6.32. The number of carboxylic acid groups (broad SMARTS) is 1. The molecule has 106 valence electrons. The molecule has 1 aromatic heterocycles. The molecule has 1 heterocycles. The van der Waals surface area contributed by atoms with E-state index in [0.29, 0.717) is 11.6 Å². The number of benzene rings is 2. The van der Waals surface area contributed by atoms with Gasteiger partial charge >= 0.3 is 5.97 Å². The summed E-state index contributed by atoms with van der Waals surface area (Å²) in [5.74, 6) is -0.0479. The third kappa shape index (κ3) is 2.64. The number of hydrogen-bond acceptors (Lipinski definition) is 4. The van der Waals surface area contributed by atoms with Crippen molar-refractivity contribution in [3.63, 3.8) is 0 Å². The van der Waals surface area contributed by atoms with E-state index in [0.717, 1.165) is 22.0 Å². The summed E-state index contributed by atoms with van der Waals surface area (Å²) in [6.07, 6.45) is 0. The van der Waals surface area contributed by atoms with Crippen LogP contribution < -0.4 is 10.5 Å². The zero-order valence-electron chi connectivity index (χ0n) is 11.0. The van der Waals surface area contributed by atoms with Crippen LogP contribution in [0.3, 0.4) is 0 Å². The fourth-order valence-electron chi connectivity index (χ4n) is 2.12. The molecule has 0 aliphatic heterocycles. The van der Waals surface area contributed by atoms with Crippen molar-refractivity contribution in [2.45, 2.75) is 0 Å². The average molecular weight is 283 g/mol. The Morgan fingerprint density at radius 3 is 2.86 bits per heavy atom. The van der Waals surface area contributed by atoms with Gasteiger partial charge in [0.2, 0.25) is 0 Å². The number of fused-ring (bicyclic) bond motifs is 1. The van der Waals surface area contributed by atoms with Gasteiger partial charge < -0.3 is 15.6 Å². The SMILES string of the molecule is Nc1n[nH]c2ccc(-c3cccc(OCC(=O)O)c3)cc12. The van der Waals surface area contributed by atoms with Crippen LogP contribution in [0.5, 0.6) is 5.75 Å². The molecule has 0 bridgehead atoms. The van der Waals surface area contributed by atoms with Crippen LogP contribution in [-0.2, 0) is 4.79 Å². The minimum Gasteiger partial charge on any atom is -0.482 e. The van der Waals surface area contributed by atoms with Crippen molar-refractivity contribution in [1.82, 2.24) is 10.2 Å². The number of carboxylic acids is 1. The van der Waals surface area contributed by atoms with Crippen molar-refractivity contribution in [2.75, 3.05) is 12.3 Å². The fourth-order valence-corrected chi connectivity index (χ4v) is 2.12. The number of nitrogen functional groups attached to an aromatic ring is 1. The summed E-state index contributed by atoms with van der Waals surface area (Å²) in [5.41, 5.74) is 8.54. The molecule has 4 N–H and O–H groups in total. The largest absolute Gasteiger partial charge is 0.482 e. The summed E-state index contributed by atoms with van der Waals surface area (Å²) in [5, 5.41) is 16.3. The van der Waals surface area contributed by atoms with E-state index in [-0.39, 0.29) is 6.61 Å². The first-order valence-corrected chi connectivity index (χ1v) is 6.32. The highest BCUT2D eigenvalue weighted by atomic mass is 16.5. The smallest absolute Gasteiger partial charge is 0.341 e. The molecule has 0 aliphatic carbocycles. The van der Waals surface area contributed by atoms with Crippen LogP contribution in [0.15, 0.2) is 42.5 Å². The Morgan fingerprint density at radius 2 is 2.05 bits per heavy atom. The second-order valence-electron chi connectivity index (χ2n) is 4.58. The average Bonchev–Trinajstić information content (AvgIpc) is 2.86. The molecule has 0 atom stereocenters. The number of hydrogen-bond donors (Lipinski definition) is 3. The normalized spacial score (nSPS) is 10.7. The standard InChI is InChI=1S/C15H13N3O3/c16-15-12-7-10(4-5-13(12)17-18-15)9-2-1-3-11(6-9)21-8-14(19)20/h1-7H,8H2,(H,19,20)(H3,16,17,18). The number of nitrogens with two attached hydrogens (primary N) is 1. The van der Waals surface area contributed by atoms with E-state index in [2.05, 4.69) is 10.2 Å². The van der Waals surface area contributed by atoms with Crippen molar-refractivity contribution >= 4 is 22.7 Å². The van der Waals surface area contributed by atoms with E-state index in [9.17, 15) is 4.79 Å². The van der Waals surface area contributed by atoms with Crippen molar-refractivity contribution in [3.05, 3.63) is 42.5 Å². The minimum absolute atomic E-state index is 0.364. The Labute approximate surface area is 120 Å². The second-order valence-corrected chi connectivity index (χ2v) is 4.58. The van der Waals surface area contributed by atoms with Crippen LogP contribution in [0.2, 0.25) is 0 Å². The maximum absolute atomic E-state index is 10.5. The highest BCUT2D eigenvalue weighted by Crippen LogP contribution is 2.28. The van der Waals surface area contributed by atoms with Crippen LogP contribution in [0.25, 0.3) is 22.0 Å². The van der Waals surface area contributed by atoms with Crippen LogP contribution >= 0.6 is 0 Å². The number of nitrogens with zero attached hydrogens (tertiary/aromatic N) is 1. The van der Waals surface area contributed by atoms with Crippen LogP contribution in [0.4, 0.5) is 5.82 Å². The minimum atomic E-state index is -1.01. The Hall–Kier alpha value is -3.02. The van der Waals surface area contributed by atoms with Gasteiger partial charge in [-0.1, -0.05) is 18.2 Å². The van der Waals surface area contributed by atoms with Crippen molar-refractivity contribution < 1.29 is 14.6 Å². The molecule has 0 saturated heterocycles. The summed E-state index contributed by atoms with van der Waals surface area (Å²) < 4.78 is 5.18. The first kappa shape index (κ1) is 13.0. The third-order valence-electron chi connectivity index (χ3n) is 3.12. The predicted molar refractivity (Wildman–Crippen MR) is 79.1 cm³/mol. The van der Waals surface area contributed by atoms with E-state index >= 15 is 0 Å². The number of rotatable bonds is 4. The monoisotopic (exact) mass is 283 g/mol. The van der Waals surface area contributed by atoms with Crippen LogP contribution in [0.1, 0.15) is 0 Å². The lowest BCUT2D eigenvalue weighted by molar-refractivity contribution is -0.139. The van der Waals surface area contributed by atoms with Gasteiger partial charge in [0, 0.05) is 5.39 Å². The summed E-state index contributed by atoms with van der Waals surface area (Å²) in [7, 11) is 0. The molecule has 6 nitrogen and oxygen atoms in total. The summed E-state index contributed by atoms with van der Waals surface area (Å²) in [6.45, 7) is -0.364. The van der Waals surface area contributed by atoms with Gasteiger partial charge in [0.15, 0.2) is 12.4 Å². The highest BCUT2D eigenvalue weighted by Gasteiger charge is 2.06. The summed E-state index contributed by atoms with van der Waals surface area (Å²) >= 11 is 0. The molecule has 2 aromatic carbocycles. The lowest BCUT2D eigenvalue weighted by Gasteiger charge is -2.06. The molecular weight excluding hydrogens is 270 g/mol. The molecule has 0 aliphatic rings. The number of aromatic amines is 1. The number of aromatic nitrogens is 2. The van der Waals surface area contributed by atoms with Crippen LogP contribution in [-0.4, -0.2) is 27.9 Å². The van der Waals surface area contributed by atoms with E-state index in [1.165, 1.54) is 0 Å². The second kappa shape index (κ2) is 5.16. The van der Waals surface area contributed by atoms with Gasteiger partial charge in [-0.25, -0.2) is 4.79 Å². The number of ether oxygens (including phenoxy) is 1. The van der Waals surface area contributed by atoms with Gasteiger partial charge in [-0.05, 0) is 35.4 Å². The molecule has 0 fully saturated rings. The van der Waals surface area contributed by atoms with Gasteiger partial charge in [-0.15, -0.1) is 0 Å². The van der Waals surface area contributed by atoms with E-state index in [4.69, 9.17) is 15.6 Å². The summed E-state index contributed by atoms with van der Waals surface area (Å²) in [6, 6.07) is 13.0. The Bertz CT molecular complexity index is 811. The Kier molecular flexibility index (Phi) is 3.19. The van der Waals surface area contributed by atoms with E-state index < -0.39 is 5.97 Å². The molecule has 0 saturated carbocycles. The van der Waals surface area contributed by atoms with Crippen molar-refractivity contribution in [1.29, 1.82) is 0 Å². The number of nitrogens with one attached hydrogen (secondary N) is 1. The molecule has 3 rings (SSSR count). The number of anilines is 1. The molecule has 21 heavy (non-hydrogen) atoms. The predicted octanol–water partition coefficient (Wildman–Crippen LogP) is 2.28. The van der Waals surface area contributed by atoms with Crippen molar-refractivity contribution in [2.24, 2.45) is 0 Å². The molecule has 0 amide bonds. The molecule has 3 aromatic rings. The van der Waals surface area contributed by atoms with E-state index in [1.807, 2.05) is 30.3 Å². The lowest BCUT2D eigenvalue weighted by atomic mass is 10.0. The molecule has 6 heteroatoms. The van der Waals surface area contributed by atoms with Gasteiger partial charge in [0.05, 0.1) is 5.52 Å². The number of H-pyrrole nitrogens is 1. The summed E-state index contributed by atoms with van der Waals surface area (Å²) in [4.78, 5) is 10.5. The van der Waals surface area contributed by atoms with Gasteiger partial charge in [0.1, 0.15) is 5.75 Å². The third-order valence-corrected chi connectivity index (χ3v) is 3.12. The molecular formula is C15H13N3O3. The maximum atomic E-state index is 10.5. The fraction of sp³-hybridized carbons (Fsp3) is 0.0667. The zero-order chi connectivity index (χ0) is 14.8. The van der Waals surface area contributed by atoms with Gasteiger partial charge in [-0.2, -0.15) is 5.10 Å². The number of carbonyl (C=O) groups is 1. The molecule has 0 radical (unpaired) electrons. The first-order chi connectivity index (χ1) is 10.1. The Morgan fingerprint density at radius 1 is 1.24 bits per heavy atom. The Balaban J connectivity index is 1.95. The van der Waals surface area contributed by atoms with E-state index in [1.54, 1.807) is 12.1 Å². The van der Waals surface area contributed by atoms with Crippen molar-refractivity contribution in [3.8, 4) is 16.9 Å². The van der Waals surface area contributed by atoms with Gasteiger partial charge in [0.25, 0.3) is 0 Å². The maximum Gasteiger partial charge on any atom is 0.341 e. The molecule has 0 unspecified atom stereocenters. The van der Waals surface area contributed by atoms with Gasteiger partial charge in [-0.3, -0.25) is 5.10 Å². The molecule has 0 spiro atoms. The topological polar surface area (TPSA) is 101 Å². The quantitative estimate of drug-likeness (QED) is 0.681. The highest BCUT2D eigenvalue weighted by molar-refractivity contribution is 5.92. The zero-order valence-corrected chi connectivity index (χ0v) is 11.0. The van der Waals surface area contributed by atoms with Crippen LogP contribution in [0, 0.1) is 0 Å². The number of aliphatic carboxylic acids is 1. The lowest BCUT2D eigenvalue weighted by Crippen LogP contribution is -2.09.